The van der Waals surface area contributed by atoms with E-state index >= 15 is 0 Å². The number of fused-ring (bicyclic) bond motifs is 2. The number of hydrogen-bond acceptors (Lipinski definition) is 3. The second-order valence-corrected chi connectivity index (χ2v) is 9.31. The third kappa shape index (κ3) is 3.97. The minimum Gasteiger partial charge on any atom is -0.375 e. The van der Waals surface area contributed by atoms with Gasteiger partial charge in [0.05, 0.1) is 28.9 Å². The average Bonchev–Trinajstić information content (AvgIpc) is 3.33. The van der Waals surface area contributed by atoms with Crippen LogP contribution in [0, 0.1) is 11.6 Å². The molecule has 6 nitrogen and oxygen atoms in total. The van der Waals surface area contributed by atoms with Crippen LogP contribution in [0.2, 0.25) is 10.0 Å². The van der Waals surface area contributed by atoms with Crippen LogP contribution in [0.15, 0.2) is 48.5 Å². The van der Waals surface area contributed by atoms with E-state index in [1.807, 2.05) is 0 Å². The number of benzene rings is 3. The molecule has 2 aliphatic rings. The average molecular weight is 558 g/mol. The van der Waals surface area contributed by atoms with E-state index in [0.717, 1.165) is 24.3 Å². The molecule has 0 spiro atoms. The Hall–Kier alpha value is -3.41. The molecule has 2 heterocycles. The van der Waals surface area contributed by atoms with Crippen LogP contribution < -0.4 is 15.5 Å². The van der Waals surface area contributed by atoms with Crippen LogP contribution in [-0.4, -0.2) is 29.8 Å². The fourth-order valence-corrected chi connectivity index (χ4v) is 5.03. The molecule has 0 bridgehead atoms. The summed E-state index contributed by atoms with van der Waals surface area (Å²) in [6.45, 7) is -1.24. The number of carbonyl (C=O) groups excluding carboxylic acids is 2. The number of alkyl halides is 3. The molecule has 0 fully saturated rings. The van der Waals surface area contributed by atoms with Crippen molar-refractivity contribution >= 4 is 46.5 Å². The predicted octanol–water partition coefficient (Wildman–Crippen LogP) is 5.91. The smallest absolute Gasteiger partial charge is 0.375 e. The van der Waals surface area contributed by atoms with E-state index in [9.17, 15) is 36.6 Å². The maximum absolute atomic E-state index is 14.0. The molecule has 3 N–H and O–H groups in total. The number of β-amino-alcohol motifs (C(OH)–C–C–N with tert-alkyl or cyclic N) is 1. The van der Waals surface area contributed by atoms with Crippen molar-refractivity contribution in [3.05, 3.63) is 92.5 Å². The molecule has 2 aliphatic heterocycles. The predicted molar refractivity (Wildman–Crippen MR) is 125 cm³/mol. The number of urea groups is 1. The molecular weight excluding hydrogens is 544 g/mol. The van der Waals surface area contributed by atoms with Crippen molar-refractivity contribution in [2.24, 2.45) is 0 Å². The number of rotatable bonds is 2. The number of carbonyl (C=O) groups is 2. The molecule has 0 unspecified atom stereocenters. The van der Waals surface area contributed by atoms with Crippen LogP contribution in [0.25, 0.3) is 0 Å². The second-order valence-electron chi connectivity index (χ2n) is 8.49. The van der Waals surface area contributed by atoms with Crippen molar-refractivity contribution in [2.45, 2.75) is 17.8 Å². The molecule has 0 aromatic heterocycles. The van der Waals surface area contributed by atoms with E-state index in [1.165, 1.54) is 18.2 Å². The van der Waals surface area contributed by atoms with Crippen LogP contribution in [0.1, 0.15) is 33.1 Å². The van der Waals surface area contributed by atoms with Gasteiger partial charge in [-0.15, -0.1) is 0 Å². The Labute approximate surface area is 215 Å². The Morgan fingerprint density at radius 3 is 2.41 bits per heavy atom. The molecule has 192 valence electrons. The zero-order chi connectivity index (χ0) is 26.9. The first-order chi connectivity index (χ1) is 17.3. The van der Waals surface area contributed by atoms with Crippen molar-refractivity contribution in [3.8, 4) is 0 Å². The lowest BCUT2D eigenvalue weighted by Crippen LogP contribution is -2.48. The molecule has 0 saturated heterocycles. The number of amides is 3. The number of anilines is 2. The van der Waals surface area contributed by atoms with Gasteiger partial charge in [0.2, 0.25) is 5.60 Å². The Morgan fingerprint density at radius 1 is 1.05 bits per heavy atom. The maximum atomic E-state index is 14.0. The Kier molecular flexibility index (Phi) is 5.85. The minimum atomic E-state index is -5.22. The Balaban J connectivity index is 1.57. The van der Waals surface area contributed by atoms with Gasteiger partial charge < -0.3 is 15.7 Å². The summed E-state index contributed by atoms with van der Waals surface area (Å²) in [7, 11) is 0. The van der Waals surface area contributed by atoms with Gasteiger partial charge in [0.15, 0.2) is 0 Å². The van der Waals surface area contributed by atoms with Crippen LogP contribution in [0.4, 0.5) is 38.1 Å². The van der Waals surface area contributed by atoms with Gasteiger partial charge in [-0.2, -0.15) is 13.2 Å². The van der Waals surface area contributed by atoms with Crippen molar-refractivity contribution in [2.75, 3.05) is 16.8 Å². The van der Waals surface area contributed by atoms with E-state index in [0.29, 0.717) is 11.0 Å². The summed E-state index contributed by atoms with van der Waals surface area (Å²) in [5.74, 6) is -2.32. The maximum Gasteiger partial charge on any atom is 0.423 e. The third-order valence-electron chi connectivity index (χ3n) is 6.29. The van der Waals surface area contributed by atoms with E-state index in [4.69, 9.17) is 23.2 Å². The van der Waals surface area contributed by atoms with Gasteiger partial charge >= 0.3 is 12.2 Å². The first-order valence-corrected chi connectivity index (χ1v) is 11.3. The fourth-order valence-electron chi connectivity index (χ4n) is 4.56. The van der Waals surface area contributed by atoms with Crippen molar-refractivity contribution in [3.63, 3.8) is 0 Å². The largest absolute Gasteiger partial charge is 0.423 e. The van der Waals surface area contributed by atoms with Crippen molar-refractivity contribution in [1.29, 1.82) is 0 Å². The summed E-state index contributed by atoms with van der Waals surface area (Å²) in [5, 5.41) is 15.6. The molecule has 2 atom stereocenters. The second kappa shape index (κ2) is 8.57. The highest BCUT2D eigenvalue weighted by Crippen LogP contribution is 2.49. The molecule has 3 aromatic carbocycles. The van der Waals surface area contributed by atoms with E-state index < -0.39 is 53.5 Å². The molecule has 0 aliphatic carbocycles. The molecule has 13 heteroatoms. The van der Waals surface area contributed by atoms with E-state index in [2.05, 4.69) is 10.6 Å². The van der Waals surface area contributed by atoms with Gasteiger partial charge in [-0.1, -0.05) is 23.2 Å². The highest BCUT2D eigenvalue weighted by atomic mass is 35.5. The molecular formula is C24H14Cl2F5N3O3. The zero-order valence-electron chi connectivity index (χ0n) is 18.3. The number of nitrogens with zero attached hydrogens (tertiary/aromatic N) is 1. The zero-order valence-corrected chi connectivity index (χ0v) is 19.8. The van der Waals surface area contributed by atoms with Gasteiger partial charge in [0.1, 0.15) is 11.6 Å². The monoisotopic (exact) mass is 557 g/mol. The topological polar surface area (TPSA) is 81.7 Å². The highest BCUT2D eigenvalue weighted by Gasteiger charge is 2.61. The molecule has 0 radical (unpaired) electrons. The first-order valence-electron chi connectivity index (χ1n) is 10.6. The summed E-state index contributed by atoms with van der Waals surface area (Å²) >= 11 is 12.4. The standard InChI is InChI=1S/C24H14Cl2F5N3O3/c25-14-3-1-10(27)7-12(14)20-19-16(5-4-15(26)18(19)21(35)33-20)32-22(36)34-9-23(37,24(29,30)31)13-8-11(28)2-6-17(13)34/h1-8,20,37H,9H2,(H,32,36)(H,33,35)/t20-,23+/m0/s1. The molecule has 37 heavy (non-hydrogen) atoms. The normalized spacial score (nSPS) is 20.5. The summed E-state index contributed by atoms with van der Waals surface area (Å²) in [6, 6.07) is 6.24. The summed E-state index contributed by atoms with van der Waals surface area (Å²) in [4.78, 5) is 26.5. The number of aliphatic hydroxyl groups is 1. The van der Waals surface area contributed by atoms with Gasteiger partial charge in [-0.25, -0.2) is 13.6 Å². The summed E-state index contributed by atoms with van der Waals surface area (Å²) < 4.78 is 69.0. The first kappa shape index (κ1) is 25.2. The number of nitrogens with one attached hydrogen (secondary N) is 2. The van der Waals surface area contributed by atoms with Gasteiger partial charge in [0, 0.05) is 27.4 Å². The molecule has 5 rings (SSSR count). The highest BCUT2D eigenvalue weighted by molar-refractivity contribution is 6.35. The lowest BCUT2D eigenvalue weighted by Gasteiger charge is -2.27. The van der Waals surface area contributed by atoms with Gasteiger partial charge in [0.25, 0.3) is 5.91 Å². The lowest BCUT2D eigenvalue weighted by molar-refractivity contribution is -0.258. The van der Waals surface area contributed by atoms with Gasteiger partial charge in [-0.05, 0) is 48.5 Å². The lowest BCUT2D eigenvalue weighted by atomic mass is 9.95. The Morgan fingerprint density at radius 2 is 1.70 bits per heavy atom. The van der Waals surface area contributed by atoms with Crippen molar-refractivity contribution in [1.82, 2.24) is 5.32 Å². The summed E-state index contributed by atoms with van der Waals surface area (Å²) in [5.41, 5.74) is -4.50. The summed E-state index contributed by atoms with van der Waals surface area (Å²) in [6.07, 6.45) is -5.22. The number of hydrogen-bond donors (Lipinski definition) is 3. The SMILES string of the molecule is O=C1N[C@@H](c2cc(F)ccc2Cl)c2c(NC(=O)N3C[C@](O)(C(F)(F)F)c4cc(F)ccc43)ccc(Cl)c21. The van der Waals surface area contributed by atoms with Crippen LogP contribution in [-0.2, 0) is 5.60 Å². The third-order valence-corrected chi connectivity index (χ3v) is 6.95. The van der Waals surface area contributed by atoms with Crippen LogP contribution in [0.5, 0.6) is 0 Å². The van der Waals surface area contributed by atoms with Crippen LogP contribution in [0.3, 0.4) is 0 Å². The van der Waals surface area contributed by atoms with Crippen molar-refractivity contribution < 1.29 is 36.6 Å². The number of halogens is 7. The van der Waals surface area contributed by atoms with Gasteiger partial charge in [-0.3, -0.25) is 9.69 Å². The van der Waals surface area contributed by atoms with E-state index in [1.54, 1.807) is 0 Å². The Bertz CT molecular complexity index is 1480. The van der Waals surface area contributed by atoms with Crippen LogP contribution >= 0.6 is 23.2 Å². The molecule has 3 aromatic rings. The minimum absolute atomic E-state index is 0.00830. The quantitative estimate of drug-likeness (QED) is 0.343. The fraction of sp³-hybridized carbons (Fsp3) is 0.167. The molecule has 3 amide bonds. The van der Waals surface area contributed by atoms with E-state index in [-0.39, 0.29) is 38.1 Å². The molecule has 0 saturated carbocycles.